The van der Waals surface area contributed by atoms with E-state index in [0.717, 1.165) is 35.0 Å². The van der Waals surface area contributed by atoms with Crippen molar-refractivity contribution in [3.05, 3.63) is 58.1 Å². The minimum atomic E-state index is -0.247. The third-order valence-corrected chi connectivity index (χ3v) is 6.42. The molecule has 4 nitrogen and oxygen atoms in total. The predicted molar refractivity (Wildman–Crippen MR) is 120 cm³/mol. The van der Waals surface area contributed by atoms with Gasteiger partial charge in [0.15, 0.2) is 6.61 Å². The van der Waals surface area contributed by atoms with Crippen molar-refractivity contribution in [2.45, 2.75) is 64.5 Å². The van der Waals surface area contributed by atoms with Gasteiger partial charge in [-0.25, -0.2) is 0 Å². The summed E-state index contributed by atoms with van der Waals surface area (Å²) in [7, 11) is 0. The smallest absolute Gasteiger partial charge is 0.258 e. The number of benzene rings is 2. The summed E-state index contributed by atoms with van der Waals surface area (Å²) in [5, 5.41) is 3.16. The second-order valence-corrected chi connectivity index (χ2v) is 8.84. The van der Waals surface area contributed by atoms with Gasteiger partial charge < -0.3 is 14.8 Å². The van der Waals surface area contributed by atoms with Crippen LogP contribution in [0.2, 0.25) is 0 Å². The molecule has 0 spiro atoms. The molecule has 0 radical (unpaired) electrons. The number of carbonyl (C=O) groups excluding carboxylic acids is 1. The molecule has 1 aliphatic rings. The number of hydrogen-bond acceptors (Lipinski definition) is 3. The monoisotopic (exact) mass is 459 g/mol. The standard InChI is InChI=1S/C24H30BrNO3/c1-5-24(6-2)14-20(18-9-7-8-10-21(18)29-24)26-23(27)15-28-22-12-11-17(16(3)4)13-19(22)25/h7-13,16,20H,5-6,14-15H2,1-4H3,(H,26,27)/t20-/m1/s1. The summed E-state index contributed by atoms with van der Waals surface area (Å²) >= 11 is 3.55. The summed E-state index contributed by atoms with van der Waals surface area (Å²) in [5.74, 6) is 1.84. The average molecular weight is 460 g/mol. The van der Waals surface area contributed by atoms with Crippen molar-refractivity contribution in [3.8, 4) is 11.5 Å². The molecular formula is C24H30BrNO3. The van der Waals surface area contributed by atoms with Gasteiger partial charge in [-0.15, -0.1) is 0 Å². The Hall–Kier alpha value is -2.01. The molecule has 2 aromatic rings. The van der Waals surface area contributed by atoms with Crippen LogP contribution >= 0.6 is 15.9 Å². The van der Waals surface area contributed by atoms with Crippen molar-refractivity contribution in [2.75, 3.05) is 6.61 Å². The van der Waals surface area contributed by atoms with Gasteiger partial charge in [0.05, 0.1) is 10.5 Å². The van der Waals surface area contributed by atoms with E-state index >= 15 is 0 Å². The second kappa shape index (κ2) is 9.21. The molecule has 5 heteroatoms. The summed E-state index contributed by atoms with van der Waals surface area (Å²) in [6.45, 7) is 8.54. The first-order chi connectivity index (χ1) is 13.9. The van der Waals surface area contributed by atoms with E-state index in [1.54, 1.807) is 0 Å². The minimum Gasteiger partial charge on any atom is -0.487 e. The number of nitrogens with one attached hydrogen (secondary N) is 1. The van der Waals surface area contributed by atoms with E-state index in [1.165, 1.54) is 5.56 Å². The van der Waals surface area contributed by atoms with Crippen LogP contribution in [0, 0.1) is 0 Å². The van der Waals surface area contributed by atoms with E-state index in [4.69, 9.17) is 9.47 Å². The Labute approximate surface area is 182 Å². The van der Waals surface area contributed by atoms with Crippen molar-refractivity contribution >= 4 is 21.8 Å². The Kier molecular flexibility index (Phi) is 6.89. The maximum absolute atomic E-state index is 12.7. The molecule has 156 valence electrons. The fourth-order valence-corrected chi connectivity index (χ4v) is 4.31. The Balaban J connectivity index is 1.68. The fraction of sp³-hybridized carbons (Fsp3) is 0.458. The van der Waals surface area contributed by atoms with E-state index < -0.39 is 0 Å². The van der Waals surface area contributed by atoms with Gasteiger partial charge in [-0.1, -0.05) is 52.0 Å². The number of rotatable bonds is 7. The number of para-hydroxylation sites is 1. The van der Waals surface area contributed by atoms with Gasteiger partial charge in [-0.05, 0) is 58.5 Å². The number of amides is 1. The summed E-state index contributed by atoms with van der Waals surface area (Å²) in [6.07, 6.45) is 2.56. The number of halogens is 1. The maximum atomic E-state index is 12.7. The number of carbonyl (C=O) groups is 1. The molecule has 0 bridgehead atoms. The first-order valence-electron chi connectivity index (χ1n) is 10.4. The number of hydrogen-bond donors (Lipinski definition) is 1. The Morgan fingerprint density at radius 3 is 2.62 bits per heavy atom. The topological polar surface area (TPSA) is 47.6 Å². The summed E-state index contributed by atoms with van der Waals surface area (Å²) < 4.78 is 13.0. The van der Waals surface area contributed by atoms with Crippen molar-refractivity contribution in [1.29, 1.82) is 0 Å². The highest BCUT2D eigenvalue weighted by Gasteiger charge is 2.38. The molecule has 1 N–H and O–H groups in total. The lowest BCUT2D eigenvalue weighted by Gasteiger charge is -2.41. The molecule has 1 aliphatic heterocycles. The molecule has 0 saturated heterocycles. The van der Waals surface area contributed by atoms with Crippen molar-refractivity contribution < 1.29 is 14.3 Å². The van der Waals surface area contributed by atoms with Crippen molar-refractivity contribution in [3.63, 3.8) is 0 Å². The molecule has 0 fully saturated rings. The van der Waals surface area contributed by atoms with Gasteiger partial charge in [-0.3, -0.25) is 4.79 Å². The highest BCUT2D eigenvalue weighted by Crippen LogP contribution is 2.42. The van der Waals surface area contributed by atoms with Crippen LogP contribution in [0.4, 0.5) is 0 Å². The van der Waals surface area contributed by atoms with Crippen LogP contribution in [0.15, 0.2) is 46.9 Å². The molecule has 1 heterocycles. The van der Waals surface area contributed by atoms with Crippen LogP contribution in [0.3, 0.4) is 0 Å². The quantitative estimate of drug-likeness (QED) is 0.539. The molecule has 0 aliphatic carbocycles. The molecule has 29 heavy (non-hydrogen) atoms. The normalized spacial score (nSPS) is 17.4. The zero-order valence-electron chi connectivity index (χ0n) is 17.6. The lowest BCUT2D eigenvalue weighted by molar-refractivity contribution is -0.124. The maximum Gasteiger partial charge on any atom is 0.258 e. The van der Waals surface area contributed by atoms with Crippen LogP contribution in [0.1, 0.15) is 70.0 Å². The lowest BCUT2D eigenvalue weighted by Crippen LogP contribution is -2.45. The van der Waals surface area contributed by atoms with Crippen LogP contribution in [0.25, 0.3) is 0 Å². The van der Waals surface area contributed by atoms with Gasteiger partial charge in [0.1, 0.15) is 17.1 Å². The molecule has 2 aromatic carbocycles. The van der Waals surface area contributed by atoms with E-state index in [1.807, 2.05) is 42.5 Å². The van der Waals surface area contributed by atoms with E-state index in [2.05, 4.69) is 48.9 Å². The molecule has 0 aromatic heterocycles. The van der Waals surface area contributed by atoms with Crippen molar-refractivity contribution in [2.24, 2.45) is 0 Å². The van der Waals surface area contributed by atoms with Gasteiger partial charge in [0.25, 0.3) is 5.91 Å². The third kappa shape index (κ3) is 4.95. The predicted octanol–water partition coefficient (Wildman–Crippen LogP) is 6.15. The Morgan fingerprint density at radius 1 is 1.24 bits per heavy atom. The molecule has 1 amide bonds. The zero-order valence-corrected chi connectivity index (χ0v) is 19.2. The second-order valence-electron chi connectivity index (χ2n) is 7.99. The van der Waals surface area contributed by atoms with Gasteiger partial charge in [0.2, 0.25) is 0 Å². The zero-order chi connectivity index (χ0) is 21.0. The third-order valence-electron chi connectivity index (χ3n) is 5.80. The highest BCUT2D eigenvalue weighted by atomic mass is 79.9. The van der Waals surface area contributed by atoms with Crippen LogP contribution in [0.5, 0.6) is 11.5 Å². The molecule has 3 rings (SSSR count). The van der Waals surface area contributed by atoms with Crippen molar-refractivity contribution in [1.82, 2.24) is 5.32 Å². The van der Waals surface area contributed by atoms with Gasteiger partial charge in [0, 0.05) is 12.0 Å². The first-order valence-corrected chi connectivity index (χ1v) is 11.2. The number of fused-ring (bicyclic) bond motifs is 1. The van der Waals surface area contributed by atoms with Gasteiger partial charge in [-0.2, -0.15) is 0 Å². The fourth-order valence-electron chi connectivity index (χ4n) is 3.80. The molecule has 0 unspecified atom stereocenters. The summed E-state index contributed by atoms with van der Waals surface area (Å²) in [5.41, 5.74) is 2.01. The SMILES string of the molecule is CCC1(CC)C[C@@H](NC(=O)COc2ccc(C(C)C)cc2Br)c2ccccc2O1. The Morgan fingerprint density at radius 2 is 1.97 bits per heavy atom. The molecule has 0 saturated carbocycles. The lowest BCUT2D eigenvalue weighted by atomic mass is 9.83. The van der Waals surface area contributed by atoms with Crippen LogP contribution < -0.4 is 14.8 Å². The average Bonchev–Trinajstić information content (AvgIpc) is 2.72. The van der Waals surface area contributed by atoms with E-state index in [9.17, 15) is 4.79 Å². The van der Waals surface area contributed by atoms with Crippen LogP contribution in [-0.4, -0.2) is 18.1 Å². The molecule has 1 atom stereocenters. The summed E-state index contributed by atoms with van der Waals surface area (Å²) in [4.78, 5) is 12.7. The van der Waals surface area contributed by atoms with Crippen LogP contribution in [-0.2, 0) is 4.79 Å². The van der Waals surface area contributed by atoms with E-state index in [-0.39, 0.29) is 24.2 Å². The highest BCUT2D eigenvalue weighted by molar-refractivity contribution is 9.10. The van der Waals surface area contributed by atoms with Gasteiger partial charge >= 0.3 is 0 Å². The Bertz CT molecular complexity index is 861. The summed E-state index contributed by atoms with van der Waals surface area (Å²) in [6, 6.07) is 13.9. The number of ether oxygens (including phenoxy) is 2. The first kappa shape index (κ1) is 21.7. The largest absolute Gasteiger partial charge is 0.487 e. The minimum absolute atomic E-state index is 0.0234. The van der Waals surface area contributed by atoms with E-state index in [0.29, 0.717) is 11.7 Å². The molecular weight excluding hydrogens is 430 g/mol.